The predicted octanol–water partition coefficient (Wildman–Crippen LogP) is 2.84. The maximum absolute atomic E-state index is 11.8. The van der Waals surface area contributed by atoms with Gasteiger partial charge in [-0.25, -0.2) is 0 Å². The topological polar surface area (TPSA) is 41.1 Å². The fraction of sp³-hybridized carbons (Fsp3) is 0.643. The Balaban J connectivity index is 2.21. The van der Waals surface area contributed by atoms with Crippen LogP contribution in [0.5, 0.6) is 0 Å². The van der Waals surface area contributed by atoms with Gasteiger partial charge in [-0.3, -0.25) is 4.79 Å². The van der Waals surface area contributed by atoms with Crippen molar-refractivity contribution in [3.63, 3.8) is 0 Å². The number of amides is 1. The van der Waals surface area contributed by atoms with Crippen molar-refractivity contribution in [3.8, 4) is 0 Å². The lowest BCUT2D eigenvalue weighted by molar-refractivity contribution is -0.122. The molecule has 3 nitrogen and oxygen atoms in total. The molecule has 1 aromatic heterocycles. The molecular weight excluding hydrogens is 244 g/mol. The largest absolute Gasteiger partial charge is 0.355 e. The third-order valence-electron chi connectivity index (χ3n) is 3.01. The Hall–Kier alpha value is -0.870. The predicted molar refractivity (Wildman–Crippen MR) is 77.9 cm³/mol. The summed E-state index contributed by atoms with van der Waals surface area (Å²) in [5.41, 5.74) is 1.29. The van der Waals surface area contributed by atoms with Gasteiger partial charge in [-0.15, -0.1) is 11.3 Å². The molecular formula is C14H24N2OS. The van der Waals surface area contributed by atoms with Crippen molar-refractivity contribution >= 4 is 17.2 Å². The van der Waals surface area contributed by atoms with Crippen molar-refractivity contribution in [1.82, 2.24) is 10.6 Å². The van der Waals surface area contributed by atoms with Gasteiger partial charge in [0.25, 0.3) is 0 Å². The highest BCUT2D eigenvalue weighted by Crippen LogP contribution is 2.14. The minimum absolute atomic E-state index is 0.0975. The maximum atomic E-state index is 11.8. The molecule has 0 radical (unpaired) electrons. The summed E-state index contributed by atoms with van der Waals surface area (Å²) in [6.07, 6.45) is 3.43. The summed E-state index contributed by atoms with van der Waals surface area (Å²) < 4.78 is 0. The van der Waals surface area contributed by atoms with Gasteiger partial charge in [0.15, 0.2) is 0 Å². The highest BCUT2D eigenvalue weighted by Gasteiger charge is 2.11. The summed E-state index contributed by atoms with van der Waals surface area (Å²) in [5, 5.41) is 8.31. The summed E-state index contributed by atoms with van der Waals surface area (Å²) in [5.74, 6) is 0.0975. The average molecular weight is 268 g/mol. The first-order valence-electron chi connectivity index (χ1n) is 6.69. The number of rotatable bonds is 8. The van der Waals surface area contributed by atoms with E-state index in [0.717, 1.165) is 19.5 Å². The van der Waals surface area contributed by atoms with Gasteiger partial charge in [-0.1, -0.05) is 19.8 Å². The second kappa shape index (κ2) is 8.27. The van der Waals surface area contributed by atoms with Crippen molar-refractivity contribution in [1.29, 1.82) is 0 Å². The Morgan fingerprint density at radius 1 is 1.44 bits per heavy atom. The van der Waals surface area contributed by atoms with Crippen LogP contribution >= 0.6 is 11.3 Å². The maximum Gasteiger partial charge on any atom is 0.236 e. The monoisotopic (exact) mass is 268 g/mol. The van der Waals surface area contributed by atoms with E-state index in [1.807, 2.05) is 6.92 Å². The van der Waals surface area contributed by atoms with E-state index in [0.29, 0.717) is 0 Å². The molecule has 2 N–H and O–H groups in total. The smallest absolute Gasteiger partial charge is 0.236 e. The first-order chi connectivity index (χ1) is 8.65. The molecule has 0 aliphatic rings. The van der Waals surface area contributed by atoms with Gasteiger partial charge >= 0.3 is 0 Å². The van der Waals surface area contributed by atoms with Gasteiger partial charge in [0.1, 0.15) is 0 Å². The molecule has 1 atom stereocenters. The zero-order chi connectivity index (χ0) is 13.4. The van der Waals surface area contributed by atoms with Crippen LogP contribution in [0, 0.1) is 6.92 Å². The molecule has 1 amide bonds. The second-order valence-corrected chi connectivity index (χ2v) is 5.63. The molecule has 1 unspecified atom stereocenters. The van der Waals surface area contributed by atoms with Gasteiger partial charge < -0.3 is 10.6 Å². The lowest BCUT2D eigenvalue weighted by atomic mass is 10.2. The molecule has 1 heterocycles. The summed E-state index contributed by atoms with van der Waals surface area (Å²) in [7, 11) is 0. The number of carbonyl (C=O) groups is 1. The van der Waals surface area contributed by atoms with Crippen molar-refractivity contribution < 1.29 is 4.79 Å². The van der Waals surface area contributed by atoms with E-state index < -0.39 is 0 Å². The average Bonchev–Trinajstić information content (AvgIpc) is 2.77. The van der Waals surface area contributed by atoms with E-state index in [9.17, 15) is 4.79 Å². The van der Waals surface area contributed by atoms with Crippen LogP contribution in [0.25, 0.3) is 0 Å². The van der Waals surface area contributed by atoms with Crippen LogP contribution in [-0.4, -0.2) is 18.5 Å². The van der Waals surface area contributed by atoms with Gasteiger partial charge in [0.05, 0.1) is 6.04 Å². The highest BCUT2D eigenvalue weighted by molar-refractivity contribution is 7.10. The molecule has 1 aromatic rings. The number of hydrogen-bond donors (Lipinski definition) is 2. The molecule has 18 heavy (non-hydrogen) atoms. The number of hydrogen-bond acceptors (Lipinski definition) is 3. The highest BCUT2D eigenvalue weighted by atomic mass is 32.1. The van der Waals surface area contributed by atoms with Crippen LogP contribution in [0.1, 0.15) is 43.6 Å². The quantitative estimate of drug-likeness (QED) is 0.712. The molecule has 0 bridgehead atoms. The SMILES string of the molecule is CCCCCNC(=O)C(C)NCc1sccc1C. The molecule has 4 heteroatoms. The molecule has 0 fully saturated rings. The Morgan fingerprint density at radius 2 is 2.22 bits per heavy atom. The Labute approximate surface area is 114 Å². The lowest BCUT2D eigenvalue weighted by Gasteiger charge is -2.13. The van der Waals surface area contributed by atoms with Crippen LogP contribution in [0.3, 0.4) is 0 Å². The van der Waals surface area contributed by atoms with E-state index >= 15 is 0 Å². The molecule has 0 saturated heterocycles. The summed E-state index contributed by atoms with van der Waals surface area (Å²) in [6, 6.07) is 1.98. The van der Waals surface area contributed by atoms with Crippen LogP contribution in [0.4, 0.5) is 0 Å². The van der Waals surface area contributed by atoms with Crippen molar-refractivity contribution in [3.05, 3.63) is 21.9 Å². The van der Waals surface area contributed by atoms with E-state index in [1.54, 1.807) is 11.3 Å². The normalized spacial score (nSPS) is 12.4. The van der Waals surface area contributed by atoms with E-state index in [-0.39, 0.29) is 11.9 Å². The standard InChI is InChI=1S/C14H24N2OS/c1-4-5-6-8-15-14(17)12(3)16-10-13-11(2)7-9-18-13/h7,9,12,16H,4-6,8,10H2,1-3H3,(H,15,17). The molecule has 1 rings (SSSR count). The molecule has 0 aliphatic heterocycles. The summed E-state index contributed by atoms with van der Waals surface area (Å²) >= 11 is 1.73. The van der Waals surface area contributed by atoms with Gasteiger partial charge in [-0.2, -0.15) is 0 Å². The van der Waals surface area contributed by atoms with E-state index in [1.165, 1.54) is 23.3 Å². The molecule has 0 aromatic carbocycles. The van der Waals surface area contributed by atoms with Crippen molar-refractivity contribution in [2.24, 2.45) is 0 Å². The summed E-state index contributed by atoms with van der Waals surface area (Å²) in [6.45, 7) is 7.74. The minimum Gasteiger partial charge on any atom is -0.355 e. The molecule has 102 valence electrons. The number of carbonyl (C=O) groups excluding carboxylic acids is 1. The first-order valence-corrected chi connectivity index (χ1v) is 7.57. The zero-order valence-electron chi connectivity index (χ0n) is 11.6. The van der Waals surface area contributed by atoms with Crippen LogP contribution in [-0.2, 0) is 11.3 Å². The molecule has 0 saturated carbocycles. The third-order valence-corrected chi connectivity index (χ3v) is 4.03. The molecule has 0 aliphatic carbocycles. The fourth-order valence-corrected chi connectivity index (χ4v) is 2.52. The van der Waals surface area contributed by atoms with Crippen molar-refractivity contribution in [2.45, 2.75) is 52.6 Å². The van der Waals surface area contributed by atoms with Crippen LogP contribution in [0.2, 0.25) is 0 Å². The van der Waals surface area contributed by atoms with E-state index in [2.05, 4.69) is 35.9 Å². The number of thiophene rings is 1. The summed E-state index contributed by atoms with van der Waals surface area (Å²) in [4.78, 5) is 13.1. The number of unbranched alkanes of at least 4 members (excludes halogenated alkanes) is 2. The Morgan fingerprint density at radius 3 is 2.83 bits per heavy atom. The zero-order valence-corrected chi connectivity index (χ0v) is 12.4. The van der Waals surface area contributed by atoms with E-state index in [4.69, 9.17) is 0 Å². The number of aryl methyl sites for hydroxylation is 1. The number of nitrogens with one attached hydrogen (secondary N) is 2. The fourth-order valence-electron chi connectivity index (χ4n) is 1.66. The Bertz CT molecular complexity index is 362. The van der Waals surface area contributed by atoms with Gasteiger partial charge in [-0.05, 0) is 37.3 Å². The third kappa shape index (κ3) is 5.19. The second-order valence-electron chi connectivity index (χ2n) is 4.63. The van der Waals surface area contributed by atoms with Gasteiger partial charge in [0.2, 0.25) is 5.91 Å². The lowest BCUT2D eigenvalue weighted by Crippen LogP contribution is -2.42. The van der Waals surface area contributed by atoms with Gasteiger partial charge in [0, 0.05) is 18.0 Å². The first kappa shape index (κ1) is 15.2. The van der Waals surface area contributed by atoms with Crippen molar-refractivity contribution in [2.75, 3.05) is 6.54 Å². The van der Waals surface area contributed by atoms with Crippen LogP contribution in [0.15, 0.2) is 11.4 Å². The minimum atomic E-state index is -0.131. The Kier molecular flexibility index (Phi) is 6.98. The van der Waals surface area contributed by atoms with Crippen LogP contribution < -0.4 is 10.6 Å². The molecule has 0 spiro atoms.